The van der Waals surface area contributed by atoms with E-state index in [-0.39, 0.29) is 11.5 Å². The molecule has 0 unspecified atom stereocenters. The first-order valence-electron chi connectivity index (χ1n) is 10.1. The van der Waals surface area contributed by atoms with Crippen molar-refractivity contribution in [3.8, 4) is 5.75 Å². The highest BCUT2D eigenvalue weighted by molar-refractivity contribution is 5.35. The molecule has 0 saturated carbocycles. The van der Waals surface area contributed by atoms with Crippen LogP contribution in [0.2, 0.25) is 0 Å². The van der Waals surface area contributed by atoms with Gasteiger partial charge in [-0.2, -0.15) is 0 Å². The lowest BCUT2D eigenvalue weighted by atomic mass is 9.67. The van der Waals surface area contributed by atoms with E-state index < -0.39 is 0 Å². The smallest absolute Gasteiger partial charge is 0.119 e. The van der Waals surface area contributed by atoms with Gasteiger partial charge in [-0.1, -0.05) is 49.4 Å². The molecule has 27 heavy (non-hydrogen) atoms. The number of hydrogen-bond donors (Lipinski definition) is 0. The summed E-state index contributed by atoms with van der Waals surface area (Å²) in [6, 6.07) is 19.1. The van der Waals surface area contributed by atoms with Crippen molar-refractivity contribution in [1.29, 1.82) is 0 Å². The zero-order chi connectivity index (χ0) is 19.3. The second-order valence-corrected chi connectivity index (χ2v) is 8.24. The van der Waals surface area contributed by atoms with E-state index in [0.29, 0.717) is 12.5 Å². The number of likely N-dealkylation sites (tertiary alicyclic amines) is 1. The molecule has 0 aliphatic carbocycles. The predicted octanol–water partition coefficient (Wildman–Crippen LogP) is 4.90. The molecule has 0 spiro atoms. The number of nitrogens with zero attached hydrogens (tertiary/aromatic N) is 1. The SMILES string of the molecule is CC(C)Oc1cccc([C@]2(COCc3ccccc3)CCN(C)C[C@@H]2C)c1. The van der Waals surface area contributed by atoms with Gasteiger partial charge in [-0.25, -0.2) is 0 Å². The summed E-state index contributed by atoms with van der Waals surface area (Å²) in [5.74, 6) is 1.47. The van der Waals surface area contributed by atoms with Crippen LogP contribution in [0.15, 0.2) is 54.6 Å². The lowest BCUT2D eigenvalue weighted by Crippen LogP contribution is -2.50. The molecule has 146 valence electrons. The summed E-state index contributed by atoms with van der Waals surface area (Å²) in [6.45, 7) is 10.1. The largest absolute Gasteiger partial charge is 0.491 e. The van der Waals surface area contributed by atoms with E-state index in [0.717, 1.165) is 31.9 Å². The zero-order valence-corrected chi connectivity index (χ0v) is 17.2. The molecule has 2 aromatic carbocycles. The lowest BCUT2D eigenvalue weighted by Gasteiger charge is -2.46. The van der Waals surface area contributed by atoms with Crippen LogP contribution < -0.4 is 4.74 Å². The lowest BCUT2D eigenvalue weighted by molar-refractivity contribution is 0.0115. The van der Waals surface area contributed by atoms with Crippen molar-refractivity contribution in [2.45, 2.75) is 45.3 Å². The zero-order valence-electron chi connectivity index (χ0n) is 17.2. The Morgan fingerprint density at radius 3 is 2.59 bits per heavy atom. The summed E-state index contributed by atoms with van der Waals surface area (Å²) in [6.07, 6.45) is 1.28. The van der Waals surface area contributed by atoms with Gasteiger partial charge in [0.15, 0.2) is 0 Å². The van der Waals surface area contributed by atoms with Crippen molar-refractivity contribution in [2.24, 2.45) is 5.92 Å². The van der Waals surface area contributed by atoms with Gasteiger partial charge in [0.1, 0.15) is 5.75 Å². The third kappa shape index (κ3) is 4.91. The predicted molar refractivity (Wildman–Crippen MR) is 111 cm³/mol. The third-order valence-electron chi connectivity index (χ3n) is 5.72. The van der Waals surface area contributed by atoms with E-state index in [1.165, 1.54) is 11.1 Å². The molecule has 3 heteroatoms. The van der Waals surface area contributed by atoms with E-state index in [1.807, 2.05) is 6.07 Å². The summed E-state index contributed by atoms with van der Waals surface area (Å²) in [5.41, 5.74) is 2.59. The molecular weight excluding hydrogens is 334 g/mol. The molecule has 0 amide bonds. The minimum absolute atomic E-state index is 0.0254. The summed E-state index contributed by atoms with van der Waals surface area (Å²) in [5, 5.41) is 0. The van der Waals surface area contributed by atoms with Gasteiger partial charge in [0.05, 0.1) is 19.3 Å². The molecular formula is C24H33NO2. The Bertz CT molecular complexity index is 715. The Morgan fingerprint density at radius 2 is 1.89 bits per heavy atom. The fraction of sp³-hybridized carbons (Fsp3) is 0.500. The van der Waals surface area contributed by atoms with E-state index in [4.69, 9.17) is 9.47 Å². The molecule has 0 radical (unpaired) electrons. The van der Waals surface area contributed by atoms with Gasteiger partial charge < -0.3 is 14.4 Å². The fourth-order valence-corrected chi connectivity index (χ4v) is 4.17. The first kappa shape index (κ1) is 19.9. The molecule has 0 bridgehead atoms. The van der Waals surface area contributed by atoms with Crippen molar-refractivity contribution < 1.29 is 9.47 Å². The summed E-state index contributed by atoms with van der Waals surface area (Å²) in [4.78, 5) is 2.43. The van der Waals surface area contributed by atoms with Gasteiger partial charge >= 0.3 is 0 Å². The first-order chi connectivity index (χ1) is 13.0. The first-order valence-corrected chi connectivity index (χ1v) is 10.1. The maximum atomic E-state index is 6.28. The normalized spacial score (nSPS) is 23.5. The van der Waals surface area contributed by atoms with Crippen LogP contribution in [0.3, 0.4) is 0 Å². The molecule has 1 aliphatic heterocycles. The van der Waals surface area contributed by atoms with E-state index in [9.17, 15) is 0 Å². The molecule has 1 fully saturated rings. The van der Waals surface area contributed by atoms with Crippen molar-refractivity contribution >= 4 is 0 Å². The van der Waals surface area contributed by atoms with Gasteiger partial charge in [-0.05, 0) is 63.0 Å². The average molecular weight is 368 g/mol. The van der Waals surface area contributed by atoms with Gasteiger partial charge in [0, 0.05) is 12.0 Å². The highest BCUT2D eigenvalue weighted by Gasteiger charge is 2.41. The van der Waals surface area contributed by atoms with Crippen LogP contribution in [0.1, 0.15) is 38.3 Å². The van der Waals surface area contributed by atoms with Gasteiger partial charge in [-0.3, -0.25) is 0 Å². The minimum atomic E-state index is 0.0254. The molecule has 1 aliphatic rings. The van der Waals surface area contributed by atoms with Crippen LogP contribution in [0.25, 0.3) is 0 Å². The number of benzene rings is 2. The Hall–Kier alpha value is -1.84. The molecule has 1 saturated heterocycles. The maximum Gasteiger partial charge on any atom is 0.119 e. The summed E-state index contributed by atoms with van der Waals surface area (Å²) < 4.78 is 12.3. The van der Waals surface area contributed by atoms with Crippen molar-refractivity contribution in [2.75, 3.05) is 26.7 Å². The van der Waals surface area contributed by atoms with Crippen LogP contribution in [-0.2, 0) is 16.8 Å². The Balaban J connectivity index is 1.82. The van der Waals surface area contributed by atoms with Crippen LogP contribution in [0.4, 0.5) is 0 Å². The second-order valence-electron chi connectivity index (χ2n) is 8.24. The maximum absolute atomic E-state index is 6.28. The third-order valence-corrected chi connectivity index (χ3v) is 5.72. The van der Waals surface area contributed by atoms with E-state index in [1.54, 1.807) is 0 Å². The topological polar surface area (TPSA) is 21.7 Å². The van der Waals surface area contributed by atoms with Crippen LogP contribution in [-0.4, -0.2) is 37.7 Å². The van der Waals surface area contributed by atoms with Crippen LogP contribution in [0.5, 0.6) is 5.75 Å². The van der Waals surface area contributed by atoms with Gasteiger partial charge in [0.2, 0.25) is 0 Å². The Kier molecular flexibility index (Phi) is 6.56. The average Bonchev–Trinajstić information content (AvgIpc) is 2.64. The van der Waals surface area contributed by atoms with E-state index in [2.05, 4.69) is 81.2 Å². The van der Waals surface area contributed by atoms with Crippen molar-refractivity contribution in [1.82, 2.24) is 4.90 Å². The second kappa shape index (κ2) is 8.90. The number of rotatable bonds is 7. The number of ether oxygens (including phenoxy) is 2. The fourth-order valence-electron chi connectivity index (χ4n) is 4.17. The molecule has 0 aromatic heterocycles. The standard InChI is InChI=1S/C24H33NO2/c1-19(2)27-23-12-8-11-22(15-23)24(13-14-25(4)16-20(24)3)18-26-17-21-9-6-5-7-10-21/h5-12,15,19-20H,13-14,16-18H2,1-4H3/t20-,24-/m0/s1. The molecule has 0 N–H and O–H groups in total. The molecule has 3 rings (SSSR count). The van der Waals surface area contributed by atoms with Crippen LogP contribution >= 0.6 is 0 Å². The highest BCUT2D eigenvalue weighted by atomic mass is 16.5. The minimum Gasteiger partial charge on any atom is -0.491 e. The van der Waals surface area contributed by atoms with Crippen LogP contribution in [0, 0.1) is 5.92 Å². The molecule has 3 nitrogen and oxygen atoms in total. The summed E-state index contributed by atoms with van der Waals surface area (Å²) in [7, 11) is 2.21. The summed E-state index contributed by atoms with van der Waals surface area (Å²) >= 11 is 0. The van der Waals surface area contributed by atoms with Crippen molar-refractivity contribution in [3.63, 3.8) is 0 Å². The quantitative estimate of drug-likeness (QED) is 0.695. The van der Waals surface area contributed by atoms with E-state index >= 15 is 0 Å². The highest BCUT2D eigenvalue weighted by Crippen LogP contribution is 2.41. The monoisotopic (exact) mass is 367 g/mol. The Labute approximate surface area is 164 Å². The van der Waals surface area contributed by atoms with Gasteiger partial charge in [-0.15, -0.1) is 0 Å². The van der Waals surface area contributed by atoms with Gasteiger partial charge in [0.25, 0.3) is 0 Å². The molecule has 2 atom stereocenters. The van der Waals surface area contributed by atoms with Crippen molar-refractivity contribution in [3.05, 3.63) is 65.7 Å². The number of hydrogen-bond acceptors (Lipinski definition) is 3. The Morgan fingerprint density at radius 1 is 1.11 bits per heavy atom. The number of piperidine rings is 1. The molecule has 2 aromatic rings. The molecule has 1 heterocycles.